The van der Waals surface area contributed by atoms with Crippen molar-refractivity contribution in [2.24, 2.45) is 0 Å². The normalized spacial score (nSPS) is 15.8. The fraction of sp³-hybridized carbons (Fsp3) is 0.562. The molecular formula is C16H23NO. The largest absolute Gasteiger partial charge is 0.349 e. The highest BCUT2D eigenvalue weighted by Crippen LogP contribution is 2.18. The fourth-order valence-electron chi connectivity index (χ4n) is 2.54. The molecule has 1 N–H and O–H groups in total. The van der Waals surface area contributed by atoms with Crippen LogP contribution in [-0.2, 0) is 6.42 Å². The molecule has 2 rings (SSSR count). The predicted molar refractivity (Wildman–Crippen MR) is 74.8 cm³/mol. The zero-order valence-electron chi connectivity index (χ0n) is 11.2. The second-order valence-electron chi connectivity index (χ2n) is 5.26. The summed E-state index contributed by atoms with van der Waals surface area (Å²) in [5, 5.41) is 3.12. The van der Waals surface area contributed by atoms with Crippen LogP contribution in [0.4, 0.5) is 0 Å². The van der Waals surface area contributed by atoms with E-state index < -0.39 is 0 Å². The number of rotatable bonds is 5. The number of hydrogen-bond acceptors (Lipinski definition) is 1. The number of unbranched alkanes of at least 4 members (excludes halogenated alkanes) is 1. The van der Waals surface area contributed by atoms with E-state index in [1.165, 1.54) is 31.2 Å². The van der Waals surface area contributed by atoms with Crippen molar-refractivity contribution in [1.82, 2.24) is 5.32 Å². The van der Waals surface area contributed by atoms with Crippen LogP contribution in [0.5, 0.6) is 0 Å². The SMILES string of the molecule is CCCCc1ccc(C(=O)NC2CCCC2)cc1. The summed E-state index contributed by atoms with van der Waals surface area (Å²) in [7, 11) is 0. The molecule has 2 heteroatoms. The lowest BCUT2D eigenvalue weighted by Crippen LogP contribution is -2.32. The third kappa shape index (κ3) is 3.59. The van der Waals surface area contributed by atoms with Gasteiger partial charge in [-0.3, -0.25) is 4.79 Å². The Hall–Kier alpha value is -1.31. The van der Waals surface area contributed by atoms with Crippen LogP contribution in [-0.4, -0.2) is 11.9 Å². The summed E-state index contributed by atoms with van der Waals surface area (Å²) in [4.78, 5) is 12.0. The number of carbonyl (C=O) groups is 1. The molecule has 1 fully saturated rings. The second kappa shape index (κ2) is 6.58. The number of hydrogen-bond donors (Lipinski definition) is 1. The average molecular weight is 245 g/mol. The first-order valence-electron chi connectivity index (χ1n) is 7.19. The van der Waals surface area contributed by atoms with E-state index in [0.717, 1.165) is 24.8 Å². The van der Waals surface area contributed by atoms with Gasteiger partial charge < -0.3 is 5.32 Å². The van der Waals surface area contributed by atoms with Gasteiger partial charge in [0.15, 0.2) is 0 Å². The number of amides is 1. The minimum atomic E-state index is 0.0870. The monoisotopic (exact) mass is 245 g/mol. The Balaban J connectivity index is 1.89. The summed E-state index contributed by atoms with van der Waals surface area (Å²) in [5.41, 5.74) is 2.12. The first-order chi connectivity index (χ1) is 8.79. The van der Waals surface area contributed by atoms with Crippen molar-refractivity contribution in [3.63, 3.8) is 0 Å². The minimum Gasteiger partial charge on any atom is -0.349 e. The van der Waals surface area contributed by atoms with E-state index in [1.807, 2.05) is 12.1 Å². The van der Waals surface area contributed by atoms with Gasteiger partial charge in [0.1, 0.15) is 0 Å². The molecular weight excluding hydrogens is 222 g/mol. The molecule has 0 aromatic heterocycles. The molecule has 0 atom stereocenters. The Morgan fingerprint density at radius 3 is 2.50 bits per heavy atom. The number of nitrogens with one attached hydrogen (secondary N) is 1. The Labute approximate surface area is 110 Å². The maximum absolute atomic E-state index is 12.0. The van der Waals surface area contributed by atoms with E-state index in [4.69, 9.17) is 0 Å². The van der Waals surface area contributed by atoms with E-state index >= 15 is 0 Å². The maximum atomic E-state index is 12.0. The highest BCUT2D eigenvalue weighted by molar-refractivity contribution is 5.94. The van der Waals surface area contributed by atoms with E-state index in [1.54, 1.807) is 0 Å². The van der Waals surface area contributed by atoms with Gasteiger partial charge in [0.25, 0.3) is 5.91 Å². The molecule has 1 aromatic carbocycles. The summed E-state index contributed by atoms with van der Waals surface area (Å²) in [6, 6.07) is 8.47. The molecule has 1 aliphatic carbocycles. The van der Waals surface area contributed by atoms with E-state index in [0.29, 0.717) is 6.04 Å². The highest BCUT2D eigenvalue weighted by Gasteiger charge is 2.17. The Kier molecular flexibility index (Phi) is 4.80. The van der Waals surface area contributed by atoms with Crippen molar-refractivity contribution in [3.05, 3.63) is 35.4 Å². The number of carbonyl (C=O) groups excluding carboxylic acids is 1. The third-order valence-corrected chi connectivity index (χ3v) is 3.73. The van der Waals surface area contributed by atoms with E-state index in [2.05, 4.69) is 24.4 Å². The predicted octanol–water partition coefficient (Wildman–Crippen LogP) is 3.70. The van der Waals surface area contributed by atoms with Gasteiger partial charge in [-0.1, -0.05) is 38.3 Å². The quantitative estimate of drug-likeness (QED) is 0.842. The topological polar surface area (TPSA) is 29.1 Å². The smallest absolute Gasteiger partial charge is 0.251 e. The molecule has 1 amide bonds. The standard InChI is InChI=1S/C16H23NO/c1-2-3-6-13-9-11-14(12-10-13)16(18)17-15-7-4-5-8-15/h9-12,15H,2-8H2,1H3,(H,17,18). The molecule has 0 unspecified atom stereocenters. The molecule has 2 nitrogen and oxygen atoms in total. The lowest BCUT2D eigenvalue weighted by molar-refractivity contribution is 0.0938. The third-order valence-electron chi connectivity index (χ3n) is 3.73. The number of benzene rings is 1. The molecule has 0 saturated heterocycles. The maximum Gasteiger partial charge on any atom is 0.251 e. The van der Waals surface area contributed by atoms with Crippen molar-refractivity contribution in [3.8, 4) is 0 Å². The van der Waals surface area contributed by atoms with Gasteiger partial charge in [-0.05, 0) is 43.4 Å². The van der Waals surface area contributed by atoms with E-state index in [9.17, 15) is 4.79 Å². The van der Waals surface area contributed by atoms with Crippen LogP contribution in [0.25, 0.3) is 0 Å². The lowest BCUT2D eigenvalue weighted by Gasteiger charge is -2.12. The van der Waals surface area contributed by atoms with Gasteiger partial charge in [-0.2, -0.15) is 0 Å². The zero-order valence-corrected chi connectivity index (χ0v) is 11.2. The lowest BCUT2D eigenvalue weighted by atomic mass is 10.1. The van der Waals surface area contributed by atoms with Crippen LogP contribution in [0.2, 0.25) is 0 Å². The van der Waals surface area contributed by atoms with Gasteiger partial charge in [-0.25, -0.2) is 0 Å². The highest BCUT2D eigenvalue weighted by atomic mass is 16.1. The Morgan fingerprint density at radius 1 is 1.22 bits per heavy atom. The van der Waals surface area contributed by atoms with Crippen molar-refractivity contribution in [2.75, 3.05) is 0 Å². The van der Waals surface area contributed by atoms with Crippen molar-refractivity contribution < 1.29 is 4.79 Å². The molecule has 1 aliphatic rings. The molecule has 0 heterocycles. The molecule has 98 valence electrons. The Morgan fingerprint density at radius 2 is 1.89 bits per heavy atom. The number of aryl methyl sites for hydroxylation is 1. The van der Waals surface area contributed by atoms with Crippen molar-refractivity contribution in [2.45, 2.75) is 57.9 Å². The molecule has 0 radical (unpaired) electrons. The van der Waals surface area contributed by atoms with Crippen LogP contribution in [0.15, 0.2) is 24.3 Å². The van der Waals surface area contributed by atoms with Gasteiger partial charge in [0.2, 0.25) is 0 Å². The summed E-state index contributed by atoms with van der Waals surface area (Å²) < 4.78 is 0. The summed E-state index contributed by atoms with van der Waals surface area (Å²) in [5.74, 6) is 0.0870. The van der Waals surface area contributed by atoms with E-state index in [-0.39, 0.29) is 5.91 Å². The molecule has 1 saturated carbocycles. The molecule has 0 bridgehead atoms. The van der Waals surface area contributed by atoms with Crippen LogP contribution < -0.4 is 5.32 Å². The molecule has 0 aliphatic heterocycles. The van der Waals surface area contributed by atoms with Gasteiger partial charge in [0.05, 0.1) is 0 Å². The average Bonchev–Trinajstić information content (AvgIpc) is 2.89. The first-order valence-corrected chi connectivity index (χ1v) is 7.19. The van der Waals surface area contributed by atoms with Gasteiger partial charge >= 0.3 is 0 Å². The molecule has 1 aromatic rings. The van der Waals surface area contributed by atoms with Crippen LogP contribution in [0.1, 0.15) is 61.4 Å². The summed E-state index contributed by atoms with van der Waals surface area (Å²) in [6.45, 7) is 2.20. The molecule has 18 heavy (non-hydrogen) atoms. The minimum absolute atomic E-state index is 0.0870. The Bertz CT molecular complexity index is 377. The van der Waals surface area contributed by atoms with Crippen LogP contribution in [0.3, 0.4) is 0 Å². The second-order valence-corrected chi connectivity index (χ2v) is 5.26. The van der Waals surface area contributed by atoms with Crippen LogP contribution >= 0.6 is 0 Å². The van der Waals surface area contributed by atoms with Gasteiger partial charge in [-0.15, -0.1) is 0 Å². The fourth-order valence-corrected chi connectivity index (χ4v) is 2.54. The van der Waals surface area contributed by atoms with Gasteiger partial charge in [0, 0.05) is 11.6 Å². The van der Waals surface area contributed by atoms with Crippen LogP contribution in [0, 0.1) is 0 Å². The van der Waals surface area contributed by atoms with Crippen molar-refractivity contribution in [1.29, 1.82) is 0 Å². The van der Waals surface area contributed by atoms with Crippen molar-refractivity contribution >= 4 is 5.91 Å². The summed E-state index contributed by atoms with van der Waals surface area (Å²) in [6.07, 6.45) is 8.32. The zero-order chi connectivity index (χ0) is 12.8. The summed E-state index contributed by atoms with van der Waals surface area (Å²) >= 11 is 0. The first kappa shape index (κ1) is 13.1. The molecule has 0 spiro atoms.